The summed E-state index contributed by atoms with van der Waals surface area (Å²) >= 11 is 0. The van der Waals surface area contributed by atoms with Crippen LogP contribution in [0.2, 0.25) is 0 Å². The molecular formula is C9H5F2NO. The number of hydrogen-bond donors (Lipinski definition) is 0. The number of ether oxygens (including phenoxy) is 1. The summed E-state index contributed by atoms with van der Waals surface area (Å²) in [5, 5.41) is 7.99. The quantitative estimate of drug-likeness (QED) is 0.518. The van der Waals surface area contributed by atoms with E-state index in [9.17, 15) is 8.78 Å². The van der Waals surface area contributed by atoms with Crippen LogP contribution in [0.5, 0.6) is 0 Å². The lowest BCUT2D eigenvalue weighted by atomic mass is 10.2. The van der Waals surface area contributed by atoms with Gasteiger partial charge in [0.1, 0.15) is 6.26 Å². The first-order valence-corrected chi connectivity index (χ1v) is 3.40. The maximum Gasteiger partial charge on any atom is 0.291 e. The summed E-state index contributed by atoms with van der Waals surface area (Å²) in [4.78, 5) is 0. The lowest BCUT2D eigenvalue weighted by Crippen LogP contribution is -1.83. The summed E-state index contributed by atoms with van der Waals surface area (Å²) < 4.78 is 29.2. The molecule has 0 unspecified atom stereocenters. The second kappa shape index (κ2) is 4.21. The van der Waals surface area contributed by atoms with Crippen LogP contribution in [-0.2, 0) is 4.74 Å². The van der Waals surface area contributed by atoms with E-state index in [-0.39, 0.29) is 0 Å². The second-order valence-corrected chi connectivity index (χ2v) is 2.19. The van der Waals surface area contributed by atoms with E-state index in [0.29, 0.717) is 5.56 Å². The van der Waals surface area contributed by atoms with Crippen LogP contribution < -0.4 is 0 Å². The van der Waals surface area contributed by atoms with Gasteiger partial charge in [-0.3, -0.25) is 0 Å². The molecule has 0 saturated heterocycles. The van der Waals surface area contributed by atoms with Crippen molar-refractivity contribution < 1.29 is 13.5 Å². The zero-order valence-electron chi connectivity index (χ0n) is 6.50. The highest BCUT2D eigenvalue weighted by Crippen LogP contribution is 2.09. The topological polar surface area (TPSA) is 33.0 Å². The Morgan fingerprint density at radius 1 is 1.31 bits per heavy atom. The molecule has 0 bridgehead atoms. The molecule has 0 heterocycles. The maximum atomic E-state index is 12.6. The normalized spacial score (nSPS) is 9.92. The average molecular weight is 181 g/mol. The molecule has 4 heteroatoms. The second-order valence-electron chi connectivity index (χ2n) is 2.19. The number of hydrogen-bond acceptors (Lipinski definition) is 2. The van der Waals surface area contributed by atoms with Crippen LogP contribution >= 0.6 is 0 Å². The van der Waals surface area contributed by atoms with E-state index in [1.165, 1.54) is 18.4 Å². The summed E-state index contributed by atoms with van der Waals surface area (Å²) in [6, 6.07) is 3.38. The van der Waals surface area contributed by atoms with E-state index in [1.807, 2.05) is 0 Å². The molecule has 66 valence electrons. The molecule has 0 fully saturated rings. The van der Waals surface area contributed by atoms with Crippen LogP contribution in [-0.4, -0.2) is 0 Å². The Morgan fingerprint density at radius 2 is 2.08 bits per heavy atom. The Morgan fingerprint density at radius 3 is 2.69 bits per heavy atom. The number of nitrogens with zero attached hydrogens (tertiary/aromatic N) is 1. The lowest BCUT2D eigenvalue weighted by Gasteiger charge is -1.94. The minimum atomic E-state index is -0.931. The van der Waals surface area contributed by atoms with E-state index in [0.717, 1.165) is 18.4 Å². The van der Waals surface area contributed by atoms with Crippen molar-refractivity contribution in [3.05, 3.63) is 41.7 Å². The molecule has 0 atom stereocenters. The van der Waals surface area contributed by atoms with Gasteiger partial charge in [0, 0.05) is 0 Å². The maximum absolute atomic E-state index is 12.6. The third-order valence-corrected chi connectivity index (χ3v) is 1.32. The molecule has 1 aromatic rings. The zero-order chi connectivity index (χ0) is 9.68. The minimum absolute atomic E-state index is 0.425. The monoisotopic (exact) mass is 181 g/mol. The van der Waals surface area contributed by atoms with Crippen LogP contribution in [0.15, 0.2) is 24.5 Å². The van der Waals surface area contributed by atoms with Crippen molar-refractivity contribution in [3.8, 4) is 6.26 Å². The molecule has 2 nitrogen and oxygen atoms in total. The molecule has 0 amide bonds. The summed E-state index contributed by atoms with van der Waals surface area (Å²) in [6.45, 7) is 0. The Balaban J connectivity index is 2.81. The van der Waals surface area contributed by atoms with Crippen LogP contribution in [0, 0.1) is 23.2 Å². The highest BCUT2D eigenvalue weighted by Gasteiger charge is 1.99. The lowest BCUT2D eigenvalue weighted by molar-refractivity contribution is 0.432. The van der Waals surface area contributed by atoms with Crippen molar-refractivity contribution in [3.63, 3.8) is 0 Å². The zero-order valence-corrected chi connectivity index (χ0v) is 6.50. The molecule has 0 aliphatic rings. The van der Waals surface area contributed by atoms with Gasteiger partial charge in [0.05, 0.1) is 0 Å². The largest absolute Gasteiger partial charge is 0.396 e. The van der Waals surface area contributed by atoms with Gasteiger partial charge in [0.2, 0.25) is 0 Å². The molecule has 0 spiro atoms. The van der Waals surface area contributed by atoms with Crippen molar-refractivity contribution in [2.75, 3.05) is 0 Å². The smallest absolute Gasteiger partial charge is 0.291 e. The van der Waals surface area contributed by atoms with Crippen molar-refractivity contribution in [1.29, 1.82) is 5.26 Å². The standard InChI is InChI=1S/C9H5F2NO/c10-8-2-1-7(5-9(8)11)3-4-13-6-12/h1-5H/b4-3+. The fourth-order valence-electron chi connectivity index (χ4n) is 0.759. The van der Waals surface area contributed by atoms with E-state index >= 15 is 0 Å². The molecule has 0 radical (unpaired) electrons. The van der Waals surface area contributed by atoms with Crippen molar-refractivity contribution in [2.45, 2.75) is 0 Å². The third kappa shape index (κ3) is 2.56. The molecular weight excluding hydrogens is 176 g/mol. The van der Waals surface area contributed by atoms with Gasteiger partial charge in [-0.25, -0.2) is 8.78 Å². The number of rotatable bonds is 2. The van der Waals surface area contributed by atoms with Gasteiger partial charge in [-0.1, -0.05) is 6.07 Å². The molecule has 13 heavy (non-hydrogen) atoms. The molecule has 1 aromatic carbocycles. The summed E-state index contributed by atoms with van der Waals surface area (Å²) in [7, 11) is 0. The Bertz CT molecular complexity index is 368. The first kappa shape index (κ1) is 9.20. The Labute approximate surface area is 73.7 Å². The molecule has 0 aliphatic carbocycles. The summed E-state index contributed by atoms with van der Waals surface area (Å²) in [6.07, 6.45) is 3.85. The molecule has 1 rings (SSSR count). The number of benzene rings is 1. The SMILES string of the molecule is N#CO/C=C/c1ccc(F)c(F)c1. The molecule has 0 N–H and O–H groups in total. The summed E-state index contributed by atoms with van der Waals surface area (Å²) in [5.74, 6) is -1.84. The van der Waals surface area contributed by atoms with Crippen LogP contribution in [0.4, 0.5) is 8.78 Å². The van der Waals surface area contributed by atoms with Gasteiger partial charge in [0.25, 0.3) is 6.26 Å². The van der Waals surface area contributed by atoms with E-state index in [2.05, 4.69) is 4.74 Å². The third-order valence-electron chi connectivity index (χ3n) is 1.32. The van der Waals surface area contributed by atoms with Crippen LogP contribution in [0.3, 0.4) is 0 Å². The minimum Gasteiger partial charge on any atom is -0.396 e. The van der Waals surface area contributed by atoms with E-state index in [1.54, 1.807) is 0 Å². The van der Waals surface area contributed by atoms with Crippen molar-refractivity contribution >= 4 is 6.08 Å². The fourth-order valence-corrected chi connectivity index (χ4v) is 0.759. The van der Waals surface area contributed by atoms with Crippen molar-refractivity contribution in [2.24, 2.45) is 0 Å². The fraction of sp³-hybridized carbons (Fsp3) is 0. The van der Waals surface area contributed by atoms with Gasteiger partial charge < -0.3 is 4.74 Å². The molecule has 0 aromatic heterocycles. The van der Waals surface area contributed by atoms with Crippen LogP contribution in [0.1, 0.15) is 5.56 Å². The highest BCUT2D eigenvalue weighted by molar-refractivity contribution is 5.48. The highest BCUT2D eigenvalue weighted by atomic mass is 19.2. The Hall–Kier alpha value is -1.89. The van der Waals surface area contributed by atoms with Gasteiger partial charge in [-0.05, 0) is 23.8 Å². The number of halogens is 2. The van der Waals surface area contributed by atoms with Gasteiger partial charge >= 0.3 is 0 Å². The van der Waals surface area contributed by atoms with E-state index in [4.69, 9.17) is 5.26 Å². The van der Waals surface area contributed by atoms with Gasteiger partial charge in [-0.2, -0.15) is 0 Å². The predicted molar refractivity (Wildman–Crippen MR) is 42.1 cm³/mol. The van der Waals surface area contributed by atoms with Crippen molar-refractivity contribution in [1.82, 2.24) is 0 Å². The Kier molecular flexibility index (Phi) is 2.98. The molecule has 0 aliphatic heterocycles. The predicted octanol–water partition coefficient (Wildman–Crippen LogP) is 2.43. The summed E-state index contributed by atoms with van der Waals surface area (Å²) in [5.41, 5.74) is 0.425. The van der Waals surface area contributed by atoms with Gasteiger partial charge in [-0.15, -0.1) is 5.26 Å². The van der Waals surface area contributed by atoms with Crippen LogP contribution in [0.25, 0.3) is 6.08 Å². The first-order valence-electron chi connectivity index (χ1n) is 3.40. The number of nitriles is 1. The van der Waals surface area contributed by atoms with Gasteiger partial charge in [0.15, 0.2) is 11.6 Å². The van der Waals surface area contributed by atoms with E-state index < -0.39 is 11.6 Å². The molecule has 0 saturated carbocycles. The average Bonchev–Trinajstić information content (AvgIpc) is 2.12. The first-order chi connectivity index (χ1) is 6.24.